The van der Waals surface area contributed by atoms with Gasteiger partial charge in [-0.15, -0.1) is 0 Å². The highest BCUT2D eigenvalue weighted by Gasteiger charge is 2.08. The van der Waals surface area contributed by atoms with Crippen molar-refractivity contribution >= 4 is 17.4 Å². The first-order valence-corrected chi connectivity index (χ1v) is 7.80. The summed E-state index contributed by atoms with van der Waals surface area (Å²) in [7, 11) is 1.62. The summed E-state index contributed by atoms with van der Waals surface area (Å²) in [6.07, 6.45) is 2.98. The third kappa shape index (κ3) is 4.54. The van der Waals surface area contributed by atoms with Crippen molar-refractivity contribution in [2.24, 2.45) is 0 Å². The zero-order chi connectivity index (χ0) is 17.5. The van der Waals surface area contributed by atoms with Crippen LogP contribution in [0.2, 0.25) is 0 Å². The number of nitrogens with zero attached hydrogens (tertiary/aromatic N) is 2. The van der Waals surface area contributed by atoms with Gasteiger partial charge in [0.25, 0.3) is 5.91 Å². The Morgan fingerprint density at radius 2 is 1.76 bits per heavy atom. The highest BCUT2D eigenvalue weighted by atomic mass is 16.5. The van der Waals surface area contributed by atoms with Crippen LogP contribution < -0.4 is 15.4 Å². The molecule has 3 aromatic rings. The summed E-state index contributed by atoms with van der Waals surface area (Å²) in [5.74, 6) is 1.08. The van der Waals surface area contributed by atoms with E-state index in [9.17, 15) is 4.79 Å². The topological polar surface area (TPSA) is 76.1 Å². The fourth-order valence-corrected chi connectivity index (χ4v) is 2.20. The Morgan fingerprint density at radius 3 is 2.40 bits per heavy atom. The minimum atomic E-state index is -0.257. The van der Waals surface area contributed by atoms with Gasteiger partial charge >= 0.3 is 0 Å². The number of anilines is 2. The van der Waals surface area contributed by atoms with Gasteiger partial charge < -0.3 is 15.4 Å². The second kappa shape index (κ2) is 7.92. The fourth-order valence-electron chi connectivity index (χ4n) is 2.20. The van der Waals surface area contributed by atoms with Crippen molar-refractivity contribution in [1.29, 1.82) is 0 Å². The summed E-state index contributed by atoms with van der Waals surface area (Å²) in [5.41, 5.74) is 2.16. The molecule has 1 amide bonds. The molecule has 1 heterocycles. The van der Waals surface area contributed by atoms with Crippen LogP contribution in [0.4, 0.5) is 11.5 Å². The van der Waals surface area contributed by atoms with Crippen molar-refractivity contribution in [2.45, 2.75) is 6.54 Å². The molecule has 6 heteroatoms. The number of rotatable bonds is 6. The van der Waals surface area contributed by atoms with Crippen molar-refractivity contribution in [3.63, 3.8) is 0 Å². The van der Waals surface area contributed by atoms with Gasteiger partial charge in [0.15, 0.2) is 0 Å². The summed E-state index contributed by atoms with van der Waals surface area (Å²) in [6.45, 7) is 0.452. The van der Waals surface area contributed by atoms with Crippen molar-refractivity contribution in [3.05, 3.63) is 78.2 Å². The van der Waals surface area contributed by atoms with Crippen LogP contribution in [0.15, 0.2) is 67.0 Å². The number of hydrogen-bond acceptors (Lipinski definition) is 5. The molecule has 25 heavy (non-hydrogen) atoms. The SMILES string of the molecule is COc1ccc(Nc2cnc(C(=O)NCc3ccccc3)cn2)cc1. The summed E-state index contributed by atoms with van der Waals surface area (Å²) < 4.78 is 5.12. The molecule has 2 N–H and O–H groups in total. The molecule has 0 fully saturated rings. The number of nitrogens with one attached hydrogen (secondary N) is 2. The maximum absolute atomic E-state index is 12.1. The maximum Gasteiger partial charge on any atom is 0.271 e. The van der Waals surface area contributed by atoms with E-state index in [1.54, 1.807) is 7.11 Å². The number of amides is 1. The second-order valence-electron chi connectivity index (χ2n) is 5.31. The normalized spacial score (nSPS) is 10.1. The molecule has 0 spiro atoms. The van der Waals surface area contributed by atoms with E-state index in [0.717, 1.165) is 17.0 Å². The Morgan fingerprint density at radius 1 is 1.00 bits per heavy atom. The van der Waals surface area contributed by atoms with Crippen molar-refractivity contribution in [2.75, 3.05) is 12.4 Å². The van der Waals surface area contributed by atoms with Gasteiger partial charge in [0.05, 0.1) is 19.5 Å². The molecular formula is C19H18N4O2. The van der Waals surface area contributed by atoms with Crippen molar-refractivity contribution < 1.29 is 9.53 Å². The minimum absolute atomic E-state index is 0.257. The van der Waals surface area contributed by atoms with Gasteiger partial charge in [-0.25, -0.2) is 9.97 Å². The van der Waals surface area contributed by atoms with Gasteiger partial charge in [0, 0.05) is 12.2 Å². The van der Waals surface area contributed by atoms with Crippen LogP contribution in [0.1, 0.15) is 16.1 Å². The van der Waals surface area contributed by atoms with E-state index in [0.29, 0.717) is 12.4 Å². The van der Waals surface area contributed by atoms with Gasteiger partial charge in [-0.1, -0.05) is 30.3 Å². The lowest BCUT2D eigenvalue weighted by Gasteiger charge is -2.07. The molecule has 0 saturated carbocycles. The predicted octanol–water partition coefficient (Wildman–Crippen LogP) is 3.16. The minimum Gasteiger partial charge on any atom is -0.497 e. The highest BCUT2D eigenvalue weighted by molar-refractivity contribution is 5.92. The first kappa shape index (κ1) is 16.4. The zero-order valence-corrected chi connectivity index (χ0v) is 13.8. The van der Waals surface area contributed by atoms with Crippen LogP contribution in [-0.4, -0.2) is 23.0 Å². The third-order valence-electron chi connectivity index (χ3n) is 3.54. The molecule has 0 aliphatic heterocycles. The molecule has 1 aromatic heterocycles. The number of ether oxygens (including phenoxy) is 1. The summed E-state index contributed by atoms with van der Waals surface area (Å²) in [4.78, 5) is 20.5. The molecule has 2 aromatic carbocycles. The van der Waals surface area contributed by atoms with Gasteiger partial charge in [-0.2, -0.15) is 0 Å². The molecule has 0 radical (unpaired) electrons. The third-order valence-corrected chi connectivity index (χ3v) is 3.54. The van der Waals surface area contributed by atoms with Crippen LogP contribution >= 0.6 is 0 Å². The van der Waals surface area contributed by atoms with E-state index < -0.39 is 0 Å². The van der Waals surface area contributed by atoms with Gasteiger partial charge in [-0.05, 0) is 29.8 Å². The molecule has 0 atom stereocenters. The summed E-state index contributed by atoms with van der Waals surface area (Å²) in [5, 5.41) is 5.94. The number of hydrogen-bond donors (Lipinski definition) is 2. The fraction of sp³-hybridized carbons (Fsp3) is 0.105. The van der Waals surface area contributed by atoms with Crippen LogP contribution in [0.5, 0.6) is 5.75 Å². The number of aromatic nitrogens is 2. The van der Waals surface area contributed by atoms with E-state index in [2.05, 4.69) is 20.6 Å². The number of benzene rings is 2. The highest BCUT2D eigenvalue weighted by Crippen LogP contribution is 2.18. The van der Waals surface area contributed by atoms with Crippen LogP contribution in [0, 0.1) is 0 Å². The number of carbonyl (C=O) groups excluding carboxylic acids is 1. The lowest BCUT2D eigenvalue weighted by atomic mass is 10.2. The molecule has 0 unspecified atom stereocenters. The zero-order valence-electron chi connectivity index (χ0n) is 13.8. The van der Waals surface area contributed by atoms with Crippen molar-refractivity contribution in [3.8, 4) is 5.75 Å². The van der Waals surface area contributed by atoms with Crippen LogP contribution in [0.3, 0.4) is 0 Å². The van der Waals surface area contributed by atoms with Gasteiger partial charge in [0.2, 0.25) is 0 Å². The Balaban J connectivity index is 1.58. The first-order chi connectivity index (χ1) is 12.2. The summed E-state index contributed by atoms with van der Waals surface area (Å²) in [6, 6.07) is 17.2. The van der Waals surface area contributed by atoms with E-state index in [1.165, 1.54) is 12.4 Å². The number of carbonyl (C=O) groups is 1. The standard InChI is InChI=1S/C19H18N4O2/c1-25-16-9-7-15(8-10-16)23-18-13-20-17(12-21-18)19(24)22-11-14-5-3-2-4-6-14/h2-10,12-13H,11H2,1H3,(H,21,23)(H,22,24). The van der Waals surface area contributed by atoms with Gasteiger partial charge in [-0.3, -0.25) is 4.79 Å². The van der Waals surface area contributed by atoms with Crippen molar-refractivity contribution in [1.82, 2.24) is 15.3 Å². The largest absolute Gasteiger partial charge is 0.497 e. The van der Waals surface area contributed by atoms with E-state index in [4.69, 9.17) is 4.74 Å². The molecule has 6 nitrogen and oxygen atoms in total. The average molecular weight is 334 g/mol. The smallest absolute Gasteiger partial charge is 0.271 e. The maximum atomic E-state index is 12.1. The Kier molecular flexibility index (Phi) is 5.21. The van der Waals surface area contributed by atoms with Gasteiger partial charge in [0.1, 0.15) is 17.3 Å². The van der Waals surface area contributed by atoms with Crippen LogP contribution in [-0.2, 0) is 6.54 Å². The quantitative estimate of drug-likeness (QED) is 0.724. The number of methoxy groups -OCH3 is 1. The second-order valence-corrected chi connectivity index (χ2v) is 5.31. The average Bonchev–Trinajstić information content (AvgIpc) is 2.68. The van der Waals surface area contributed by atoms with E-state index >= 15 is 0 Å². The Bertz CT molecular complexity index is 818. The predicted molar refractivity (Wildman–Crippen MR) is 95.9 cm³/mol. The van der Waals surface area contributed by atoms with E-state index in [1.807, 2.05) is 54.6 Å². The summed E-state index contributed by atoms with van der Waals surface area (Å²) >= 11 is 0. The lowest BCUT2D eigenvalue weighted by molar-refractivity contribution is 0.0945. The molecule has 0 bridgehead atoms. The Labute approximate surface area is 145 Å². The molecule has 126 valence electrons. The monoisotopic (exact) mass is 334 g/mol. The lowest BCUT2D eigenvalue weighted by Crippen LogP contribution is -2.24. The molecule has 0 aliphatic carbocycles. The molecule has 3 rings (SSSR count). The van der Waals surface area contributed by atoms with Crippen LogP contribution in [0.25, 0.3) is 0 Å². The molecular weight excluding hydrogens is 316 g/mol. The molecule has 0 saturated heterocycles. The first-order valence-electron chi connectivity index (χ1n) is 7.80. The Hall–Kier alpha value is -3.41. The molecule has 0 aliphatic rings. The van der Waals surface area contributed by atoms with E-state index in [-0.39, 0.29) is 11.6 Å².